The van der Waals surface area contributed by atoms with Gasteiger partial charge in [-0.2, -0.15) is 0 Å². The minimum absolute atomic E-state index is 0.0238. The molecule has 32 heavy (non-hydrogen) atoms. The van der Waals surface area contributed by atoms with Crippen LogP contribution < -0.4 is 10.1 Å². The Balaban J connectivity index is 1.53. The Bertz CT molecular complexity index is 1100. The molecule has 3 aromatic rings. The largest absolute Gasteiger partial charge is 0.508 e. The monoisotopic (exact) mass is 433 g/mol. The molecule has 4 rings (SSSR count). The highest BCUT2D eigenvalue weighted by atomic mass is 16.5. The van der Waals surface area contributed by atoms with Crippen LogP contribution in [0.4, 0.5) is 11.5 Å². The number of aromatic nitrogens is 2. The van der Waals surface area contributed by atoms with Gasteiger partial charge in [-0.05, 0) is 62.5 Å². The highest BCUT2D eigenvalue weighted by molar-refractivity contribution is 5.95. The van der Waals surface area contributed by atoms with Crippen LogP contribution in [0, 0.1) is 0 Å². The molecule has 2 aromatic carbocycles. The van der Waals surface area contributed by atoms with E-state index in [2.05, 4.69) is 27.2 Å². The molecule has 1 saturated heterocycles. The van der Waals surface area contributed by atoms with Gasteiger partial charge in [-0.1, -0.05) is 0 Å². The van der Waals surface area contributed by atoms with Crippen LogP contribution in [0.5, 0.6) is 11.5 Å². The van der Waals surface area contributed by atoms with E-state index in [4.69, 9.17) is 4.74 Å². The number of likely N-dealkylation sites (N-methyl/N-ethyl adjacent to an activating group) is 2. The number of aromatic hydroxyl groups is 1. The van der Waals surface area contributed by atoms with Crippen molar-refractivity contribution in [3.63, 3.8) is 0 Å². The van der Waals surface area contributed by atoms with Gasteiger partial charge in [0.2, 0.25) is 0 Å². The summed E-state index contributed by atoms with van der Waals surface area (Å²) in [6, 6.07) is 12.3. The number of benzene rings is 2. The van der Waals surface area contributed by atoms with Crippen LogP contribution in [0.25, 0.3) is 11.3 Å². The summed E-state index contributed by atoms with van der Waals surface area (Å²) in [5, 5.41) is 12.7. The van der Waals surface area contributed by atoms with Gasteiger partial charge in [-0.15, -0.1) is 0 Å². The van der Waals surface area contributed by atoms with Gasteiger partial charge < -0.3 is 25.0 Å². The van der Waals surface area contributed by atoms with Gasteiger partial charge in [0.1, 0.15) is 17.3 Å². The summed E-state index contributed by atoms with van der Waals surface area (Å²) < 4.78 is 5.54. The van der Waals surface area contributed by atoms with Crippen molar-refractivity contribution in [1.82, 2.24) is 19.8 Å². The van der Waals surface area contributed by atoms with E-state index in [1.165, 1.54) is 0 Å². The van der Waals surface area contributed by atoms with Gasteiger partial charge >= 0.3 is 0 Å². The van der Waals surface area contributed by atoms with Crippen LogP contribution in [-0.4, -0.2) is 71.1 Å². The Hall–Kier alpha value is -3.65. The van der Waals surface area contributed by atoms with Crippen molar-refractivity contribution in [1.29, 1.82) is 0 Å². The molecule has 1 aromatic heterocycles. The molecule has 0 bridgehead atoms. The number of hydrogen-bond acceptors (Lipinski definition) is 7. The van der Waals surface area contributed by atoms with Crippen molar-refractivity contribution < 1.29 is 14.6 Å². The molecule has 1 unspecified atom stereocenters. The molecule has 0 saturated carbocycles. The number of ether oxygens (including phenoxy) is 1. The topological polar surface area (TPSA) is 90.8 Å². The summed E-state index contributed by atoms with van der Waals surface area (Å²) in [5.41, 5.74) is 2.77. The van der Waals surface area contributed by atoms with E-state index in [9.17, 15) is 9.90 Å². The van der Waals surface area contributed by atoms with E-state index in [1.54, 1.807) is 55.9 Å². The maximum Gasteiger partial charge on any atom is 0.254 e. The fraction of sp³-hybridized carbons (Fsp3) is 0.292. The van der Waals surface area contributed by atoms with Crippen molar-refractivity contribution >= 4 is 17.4 Å². The minimum Gasteiger partial charge on any atom is -0.508 e. The first-order chi connectivity index (χ1) is 15.4. The highest BCUT2D eigenvalue weighted by Crippen LogP contribution is 2.30. The second-order valence-electron chi connectivity index (χ2n) is 8.00. The number of carbonyl (C=O) groups excluding carboxylic acids is 1. The molecule has 8 heteroatoms. The smallest absolute Gasteiger partial charge is 0.254 e. The number of nitrogens with one attached hydrogen (secondary N) is 1. The third kappa shape index (κ3) is 4.65. The predicted molar refractivity (Wildman–Crippen MR) is 123 cm³/mol. The fourth-order valence-electron chi connectivity index (χ4n) is 3.86. The number of methoxy groups -OCH3 is 1. The van der Waals surface area contributed by atoms with Gasteiger partial charge in [0, 0.05) is 30.8 Å². The lowest BCUT2D eigenvalue weighted by molar-refractivity contribution is 0.0737. The van der Waals surface area contributed by atoms with Crippen molar-refractivity contribution in [2.24, 2.45) is 0 Å². The van der Waals surface area contributed by atoms with Crippen molar-refractivity contribution in [2.75, 3.05) is 39.6 Å². The molecule has 0 aliphatic carbocycles. The van der Waals surface area contributed by atoms with Crippen molar-refractivity contribution in [3.05, 3.63) is 60.4 Å². The molecular formula is C24H27N5O3. The first-order valence-corrected chi connectivity index (χ1v) is 10.5. The molecular weight excluding hydrogens is 406 g/mol. The number of likely N-dealkylation sites (tertiary alicyclic amines) is 1. The minimum atomic E-state index is -0.0238. The summed E-state index contributed by atoms with van der Waals surface area (Å²) >= 11 is 0. The van der Waals surface area contributed by atoms with Gasteiger partial charge in [0.25, 0.3) is 5.91 Å². The van der Waals surface area contributed by atoms with Crippen LogP contribution in [0.2, 0.25) is 0 Å². The van der Waals surface area contributed by atoms with E-state index in [1.807, 2.05) is 18.0 Å². The molecule has 8 nitrogen and oxygen atoms in total. The Morgan fingerprint density at radius 2 is 2.00 bits per heavy atom. The fourth-order valence-corrected chi connectivity index (χ4v) is 3.86. The van der Waals surface area contributed by atoms with E-state index in [0.29, 0.717) is 28.5 Å². The van der Waals surface area contributed by atoms with E-state index < -0.39 is 0 Å². The Morgan fingerprint density at radius 3 is 2.69 bits per heavy atom. The number of rotatable bonds is 6. The number of nitrogens with zero attached hydrogens (tertiary/aromatic N) is 4. The normalized spacial score (nSPS) is 16.0. The summed E-state index contributed by atoms with van der Waals surface area (Å²) in [7, 11) is 5.50. The number of phenols is 1. The average molecular weight is 434 g/mol. The molecule has 1 atom stereocenters. The molecule has 2 N–H and O–H groups in total. The Kier molecular flexibility index (Phi) is 6.23. The summed E-state index contributed by atoms with van der Waals surface area (Å²) in [6.07, 6.45) is 4.26. The molecule has 0 spiro atoms. The average Bonchev–Trinajstić information content (AvgIpc) is 3.25. The van der Waals surface area contributed by atoms with E-state index in [-0.39, 0.29) is 17.7 Å². The standard InChI is InChI=1S/C24H27N5O3/c1-28-11-10-18(15-28)29(2)24(31)17-6-9-20(22(12-17)32-3)26-23-14-25-13-21(27-23)16-4-7-19(30)8-5-16/h4-9,12-14,18,30H,10-11,15H2,1-3H3,(H,26,27). The van der Waals surface area contributed by atoms with Crippen molar-refractivity contribution in [2.45, 2.75) is 12.5 Å². The number of hydrogen-bond donors (Lipinski definition) is 2. The van der Waals surface area contributed by atoms with E-state index in [0.717, 1.165) is 25.1 Å². The first-order valence-electron chi connectivity index (χ1n) is 10.5. The van der Waals surface area contributed by atoms with Crippen molar-refractivity contribution in [3.8, 4) is 22.8 Å². The third-order valence-electron chi connectivity index (χ3n) is 5.74. The van der Waals surface area contributed by atoms with Crippen LogP contribution in [0.1, 0.15) is 16.8 Å². The van der Waals surface area contributed by atoms with Gasteiger partial charge in [0.15, 0.2) is 0 Å². The van der Waals surface area contributed by atoms with Crippen LogP contribution in [0.3, 0.4) is 0 Å². The number of amides is 1. The predicted octanol–water partition coefficient (Wildman–Crippen LogP) is 3.38. The molecule has 1 fully saturated rings. The molecule has 1 aliphatic rings. The zero-order chi connectivity index (χ0) is 22.7. The maximum atomic E-state index is 13.0. The SMILES string of the molecule is COc1cc(C(=O)N(C)C2CCN(C)C2)ccc1Nc1cncc(-c2ccc(O)cc2)n1. The molecule has 1 amide bonds. The number of phenolic OH excluding ortho intramolecular Hbond substituents is 1. The summed E-state index contributed by atoms with van der Waals surface area (Å²) in [5.74, 6) is 1.26. The maximum absolute atomic E-state index is 13.0. The third-order valence-corrected chi connectivity index (χ3v) is 5.74. The number of anilines is 2. The van der Waals surface area contributed by atoms with Gasteiger partial charge in [-0.25, -0.2) is 4.98 Å². The zero-order valence-corrected chi connectivity index (χ0v) is 18.4. The highest BCUT2D eigenvalue weighted by Gasteiger charge is 2.27. The first kappa shape index (κ1) is 21.6. The quantitative estimate of drug-likeness (QED) is 0.616. The van der Waals surface area contributed by atoms with Crippen LogP contribution >= 0.6 is 0 Å². The lowest BCUT2D eigenvalue weighted by Crippen LogP contribution is -2.38. The summed E-state index contributed by atoms with van der Waals surface area (Å²) in [4.78, 5) is 25.9. The van der Waals surface area contributed by atoms with Gasteiger partial charge in [0.05, 0.1) is 30.9 Å². The number of carbonyl (C=O) groups is 1. The molecule has 1 aliphatic heterocycles. The second-order valence-corrected chi connectivity index (χ2v) is 8.00. The van der Waals surface area contributed by atoms with Crippen LogP contribution in [0.15, 0.2) is 54.9 Å². The zero-order valence-electron chi connectivity index (χ0n) is 18.4. The Morgan fingerprint density at radius 1 is 1.22 bits per heavy atom. The summed E-state index contributed by atoms with van der Waals surface area (Å²) in [6.45, 7) is 1.88. The molecule has 166 valence electrons. The lowest BCUT2D eigenvalue weighted by atomic mass is 10.1. The van der Waals surface area contributed by atoms with E-state index >= 15 is 0 Å². The van der Waals surface area contributed by atoms with Crippen LogP contribution in [-0.2, 0) is 0 Å². The Labute approximate surface area is 187 Å². The lowest BCUT2D eigenvalue weighted by Gasteiger charge is -2.25. The molecule has 0 radical (unpaired) electrons. The van der Waals surface area contributed by atoms with Gasteiger partial charge in [-0.3, -0.25) is 9.78 Å². The molecule has 2 heterocycles. The second kappa shape index (κ2) is 9.23.